The first-order valence-electron chi connectivity index (χ1n) is 5.21. The van der Waals surface area contributed by atoms with Gasteiger partial charge in [-0.2, -0.15) is 5.10 Å². The maximum absolute atomic E-state index is 10.4. The number of nitrogens with one attached hydrogen (secondary N) is 1. The number of nitro benzene ring substituents is 1. The average Bonchev–Trinajstić information content (AvgIpc) is 3.10. The molecule has 0 unspecified atom stereocenters. The Labute approximate surface area is 93.3 Å². The fourth-order valence-corrected chi connectivity index (χ4v) is 1.40. The summed E-state index contributed by atoms with van der Waals surface area (Å²) < 4.78 is 0. The standard InChI is InChI=1S/C11H13N3O2/c1-8(9-2-3-9)12-13-10-4-6-11(7-5-10)14(15)16/h4-7,9,13H,2-3H2,1H3/b12-8-. The maximum atomic E-state index is 10.4. The van der Waals surface area contributed by atoms with E-state index in [4.69, 9.17) is 0 Å². The van der Waals surface area contributed by atoms with Gasteiger partial charge >= 0.3 is 0 Å². The third-order valence-corrected chi connectivity index (χ3v) is 2.61. The summed E-state index contributed by atoms with van der Waals surface area (Å²) in [6.07, 6.45) is 2.44. The molecule has 0 heterocycles. The van der Waals surface area contributed by atoms with Gasteiger partial charge in [0.25, 0.3) is 5.69 Å². The molecular weight excluding hydrogens is 206 g/mol. The van der Waals surface area contributed by atoms with Crippen LogP contribution in [-0.4, -0.2) is 10.6 Å². The molecule has 0 atom stereocenters. The van der Waals surface area contributed by atoms with E-state index < -0.39 is 4.92 Å². The van der Waals surface area contributed by atoms with Gasteiger partial charge in [-0.1, -0.05) is 0 Å². The Morgan fingerprint density at radius 3 is 2.56 bits per heavy atom. The van der Waals surface area contributed by atoms with Crippen LogP contribution in [0.3, 0.4) is 0 Å². The number of hydrogen-bond acceptors (Lipinski definition) is 4. The summed E-state index contributed by atoms with van der Waals surface area (Å²) >= 11 is 0. The molecule has 0 amide bonds. The van der Waals surface area contributed by atoms with E-state index in [0.717, 1.165) is 11.4 Å². The van der Waals surface area contributed by atoms with Crippen LogP contribution in [0.15, 0.2) is 29.4 Å². The Balaban J connectivity index is 1.99. The lowest BCUT2D eigenvalue weighted by Crippen LogP contribution is -1.99. The zero-order chi connectivity index (χ0) is 11.5. The summed E-state index contributed by atoms with van der Waals surface area (Å²) in [7, 11) is 0. The van der Waals surface area contributed by atoms with Crippen LogP contribution in [-0.2, 0) is 0 Å². The van der Waals surface area contributed by atoms with Gasteiger partial charge in [0.2, 0.25) is 0 Å². The monoisotopic (exact) mass is 219 g/mol. The second-order valence-electron chi connectivity index (χ2n) is 3.94. The summed E-state index contributed by atoms with van der Waals surface area (Å²) in [5, 5.41) is 14.7. The maximum Gasteiger partial charge on any atom is 0.269 e. The van der Waals surface area contributed by atoms with Crippen LogP contribution >= 0.6 is 0 Å². The number of rotatable bonds is 4. The summed E-state index contributed by atoms with van der Waals surface area (Å²) in [6, 6.07) is 6.23. The van der Waals surface area contributed by atoms with Gasteiger partial charge in [0.15, 0.2) is 0 Å². The van der Waals surface area contributed by atoms with E-state index in [1.165, 1.54) is 25.0 Å². The van der Waals surface area contributed by atoms with Gasteiger partial charge in [0, 0.05) is 17.8 Å². The van der Waals surface area contributed by atoms with E-state index >= 15 is 0 Å². The second kappa shape index (κ2) is 4.30. The highest BCUT2D eigenvalue weighted by Gasteiger charge is 2.24. The molecule has 1 N–H and O–H groups in total. The van der Waals surface area contributed by atoms with Gasteiger partial charge in [0.1, 0.15) is 0 Å². The fourth-order valence-electron chi connectivity index (χ4n) is 1.40. The number of benzene rings is 1. The molecule has 2 rings (SSSR count). The zero-order valence-corrected chi connectivity index (χ0v) is 9.01. The number of nitro groups is 1. The SMILES string of the molecule is C/C(=N/Nc1ccc([N+](=O)[O-])cc1)C1CC1. The molecule has 16 heavy (non-hydrogen) atoms. The van der Waals surface area contributed by atoms with Crippen molar-refractivity contribution in [1.29, 1.82) is 0 Å². The molecule has 1 aromatic rings. The molecule has 0 aliphatic heterocycles. The lowest BCUT2D eigenvalue weighted by molar-refractivity contribution is -0.384. The lowest BCUT2D eigenvalue weighted by atomic mass is 10.3. The molecule has 1 aromatic carbocycles. The Hall–Kier alpha value is -1.91. The lowest BCUT2D eigenvalue weighted by Gasteiger charge is -2.01. The predicted octanol–water partition coefficient (Wildman–Crippen LogP) is 2.79. The highest BCUT2D eigenvalue weighted by atomic mass is 16.6. The molecule has 5 heteroatoms. The van der Waals surface area contributed by atoms with Crippen LogP contribution in [0.4, 0.5) is 11.4 Å². The molecule has 0 spiro atoms. The number of anilines is 1. The summed E-state index contributed by atoms with van der Waals surface area (Å²) in [4.78, 5) is 10.0. The van der Waals surface area contributed by atoms with Crippen LogP contribution in [0.5, 0.6) is 0 Å². The number of nitrogens with zero attached hydrogens (tertiary/aromatic N) is 2. The van der Waals surface area contributed by atoms with Crippen molar-refractivity contribution >= 4 is 17.1 Å². The third-order valence-electron chi connectivity index (χ3n) is 2.61. The molecule has 0 saturated heterocycles. The van der Waals surface area contributed by atoms with Gasteiger partial charge in [-0.15, -0.1) is 0 Å². The first-order valence-corrected chi connectivity index (χ1v) is 5.21. The first kappa shape index (κ1) is 10.6. The fraction of sp³-hybridized carbons (Fsp3) is 0.364. The Morgan fingerprint density at radius 2 is 2.06 bits per heavy atom. The third kappa shape index (κ3) is 2.56. The molecule has 1 aliphatic rings. The van der Waals surface area contributed by atoms with Gasteiger partial charge in [-0.25, -0.2) is 0 Å². The van der Waals surface area contributed by atoms with Crippen LogP contribution in [0.25, 0.3) is 0 Å². The number of hydrazone groups is 1. The van der Waals surface area contributed by atoms with Crippen molar-refractivity contribution in [3.05, 3.63) is 34.4 Å². The van der Waals surface area contributed by atoms with Crippen LogP contribution in [0.1, 0.15) is 19.8 Å². The molecule has 0 bridgehead atoms. The van der Waals surface area contributed by atoms with Crippen molar-refractivity contribution in [3.8, 4) is 0 Å². The highest BCUT2D eigenvalue weighted by Crippen LogP contribution is 2.30. The minimum Gasteiger partial charge on any atom is -0.279 e. The largest absolute Gasteiger partial charge is 0.279 e. The van der Waals surface area contributed by atoms with Crippen LogP contribution < -0.4 is 5.43 Å². The van der Waals surface area contributed by atoms with E-state index in [1.54, 1.807) is 12.1 Å². The first-order chi connectivity index (χ1) is 7.66. The molecule has 0 radical (unpaired) electrons. The number of non-ortho nitro benzene ring substituents is 1. The van der Waals surface area contributed by atoms with E-state index in [2.05, 4.69) is 10.5 Å². The highest BCUT2D eigenvalue weighted by molar-refractivity contribution is 5.86. The van der Waals surface area contributed by atoms with Gasteiger partial charge in [0.05, 0.1) is 10.6 Å². The molecule has 0 aromatic heterocycles. The minimum atomic E-state index is -0.414. The predicted molar refractivity (Wildman–Crippen MR) is 62.6 cm³/mol. The molecular formula is C11H13N3O2. The van der Waals surface area contributed by atoms with Crippen molar-refractivity contribution in [1.82, 2.24) is 0 Å². The molecule has 1 saturated carbocycles. The quantitative estimate of drug-likeness (QED) is 0.481. The van der Waals surface area contributed by atoms with Crippen LogP contribution in [0, 0.1) is 16.0 Å². The summed E-state index contributed by atoms with van der Waals surface area (Å²) in [5.74, 6) is 0.630. The zero-order valence-electron chi connectivity index (χ0n) is 9.01. The smallest absolute Gasteiger partial charge is 0.269 e. The van der Waals surface area contributed by atoms with Crippen molar-refractivity contribution in [2.45, 2.75) is 19.8 Å². The van der Waals surface area contributed by atoms with E-state index in [0.29, 0.717) is 5.92 Å². The van der Waals surface area contributed by atoms with Gasteiger partial charge < -0.3 is 0 Å². The summed E-state index contributed by atoms with van der Waals surface area (Å²) in [6.45, 7) is 2.00. The van der Waals surface area contributed by atoms with Crippen molar-refractivity contribution in [2.75, 3.05) is 5.43 Å². The van der Waals surface area contributed by atoms with E-state index in [1.807, 2.05) is 6.92 Å². The average molecular weight is 219 g/mol. The topological polar surface area (TPSA) is 67.5 Å². The normalized spacial score (nSPS) is 15.9. The molecule has 1 fully saturated rings. The second-order valence-corrected chi connectivity index (χ2v) is 3.94. The van der Waals surface area contributed by atoms with Crippen molar-refractivity contribution in [2.24, 2.45) is 11.0 Å². The number of hydrogen-bond donors (Lipinski definition) is 1. The van der Waals surface area contributed by atoms with Crippen molar-refractivity contribution < 1.29 is 4.92 Å². The Kier molecular flexibility index (Phi) is 2.85. The molecule has 5 nitrogen and oxygen atoms in total. The molecule has 84 valence electrons. The van der Waals surface area contributed by atoms with E-state index in [9.17, 15) is 10.1 Å². The minimum absolute atomic E-state index is 0.0912. The van der Waals surface area contributed by atoms with Gasteiger partial charge in [-0.3, -0.25) is 15.5 Å². The van der Waals surface area contributed by atoms with Gasteiger partial charge in [-0.05, 0) is 37.8 Å². The molecule has 1 aliphatic carbocycles. The Morgan fingerprint density at radius 1 is 1.44 bits per heavy atom. The van der Waals surface area contributed by atoms with Crippen molar-refractivity contribution in [3.63, 3.8) is 0 Å². The van der Waals surface area contributed by atoms with Crippen LogP contribution in [0.2, 0.25) is 0 Å². The van der Waals surface area contributed by atoms with E-state index in [-0.39, 0.29) is 5.69 Å². The Bertz CT molecular complexity index is 421. The summed E-state index contributed by atoms with van der Waals surface area (Å²) in [5.41, 5.74) is 4.85.